The molecule has 0 radical (unpaired) electrons. The molecule has 0 bridgehead atoms. The molecule has 29 heavy (non-hydrogen) atoms. The molecule has 0 aromatic heterocycles. The van der Waals surface area contributed by atoms with Gasteiger partial charge in [-0.25, -0.2) is 5.43 Å². The zero-order chi connectivity index (χ0) is 21.2. The van der Waals surface area contributed by atoms with Crippen molar-refractivity contribution in [2.75, 3.05) is 18.6 Å². The van der Waals surface area contributed by atoms with Gasteiger partial charge in [-0.1, -0.05) is 36.2 Å². The van der Waals surface area contributed by atoms with Gasteiger partial charge in [-0.2, -0.15) is 5.10 Å². The van der Waals surface area contributed by atoms with E-state index in [1.807, 2.05) is 12.1 Å². The molecule has 1 N–H and O–H groups in total. The van der Waals surface area contributed by atoms with Crippen LogP contribution in [0.5, 0.6) is 5.75 Å². The highest BCUT2D eigenvalue weighted by Gasteiger charge is 2.34. The van der Waals surface area contributed by atoms with E-state index in [4.69, 9.17) is 27.9 Å². The van der Waals surface area contributed by atoms with Crippen LogP contribution in [0, 0.1) is 0 Å². The molecule has 0 aliphatic carbocycles. The number of halogens is 2. The second-order valence-electron chi connectivity index (χ2n) is 7.95. The Balaban J connectivity index is 1.65. The van der Waals surface area contributed by atoms with E-state index < -0.39 is 0 Å². The minimum Gasteiger partial charge on any atom is -0.484 e. The number of carbonyl (C=O) groups excluding carboxylic acids is 1. The molecule has 2 aromatic carbocycles. The van der Waals surface area contributed by atoms with Crippen LogP contribution in [0.3, 0.4) is 0 Å². The Hall–Kier alpha value is -2.24. The molecule has 1 aliphatic rings. The predicted molar refractivity (Wildman–Crippen MR) is 120 cm³/mol. The molecule has 1 amide bonds. The Labute approximate surface area is 181 Å². The zero-order valence-corrected chi connectivity index (χ0v) is 18.5. The monoisotopic (exact) mass is 433 g/mol. The first-order chi connectivity index (χ1) is 13.7. The van der Waals surface area contributed by atoms with Crippen molar-refractivity contribution in [1.29, 1.82) is 0 Å². The normalized spacial score (nSPS) is 17.9. The van der Waals surface area contributed by atoms with Crippen molar-refractivity contribution in [3.8, 4) is 5.75 Å². The van der Waals surface area contributed by atoms with Crippen LogP contribution >= 0.6 is 23.2 Å². The lowest BCUT2D eigenvalue weighted by Crippen LogP contribution is -2.45. The molecule has 1 heterocycles. The molecule has 1 atom stereocenters. The van der Waals surface area contributed by atoms with Crippen molar-refractivity contribution in [2.24, 2.45) is 5.10 Å². The van der Waals surface area contributed by atoms with Crippen molar-refractivity contribution < 1.29 is 9.53 Å². The summed E-state index contributed by atoms with van der Waals surface area (Å²) in [6.07, 6.45) is 2.61. The fourth-order valence-electron chi connectivity index (χ4n) is 3.62. The van der Waals surface area contributed by atoms with Crippen molar-refractivity contribution in [3.05, 3.63) is 57.6 Å². The molecule has 0 saturated heterocycles. The van der Waals surface area contributed by atoms with Gasteiger partial charge in [0.1, 0.15) is 5.75 Å². The summed E-state index contributed by atoms with van der Waals surface area (Å²) in [7, 11) is 2.09. The van der Waals surface area contributed by atoms with E-state index >= 15 is 0 Å². The molecular weight excluding hydrogens is 409 g/mol. The van der Waals surface area contributed by atoms with Gasteiger partial charge in [0, 0.05) is 28.9 Å². The topological polar surface area (TPSA) is 53.9 Å². The SMILES string of the molecule is CC1CC(C)(C)N(C)c2cc(Cl)c(/C=N\NC(=O)COc3cccc(Cl)c3)cc21. The lowest BCUT2D eigenvalue weighted by molar-refractivity contribution is -0.123. The summed E-state index contributed by atoms with van der Waals surface area (Å²) < 4.78 is 5.39. The van der Waals surface area contributed by atoms with Crippen molar-refractivity contribution >= 4 is 41.0 Å². The fourth-order valence-corrected chi connectivity index (χ4v) is 4.00. The second-order valence-corrected chi connectivity index (χ2v) is 8.79. The minimum absolute atomic E-state index is 0.0717. The smallest absolute Gasteiger partial charge is 0.277 e. The highest BCUT2D eigenvalue weighted by molar-refractivity contribution is 6.33. The van der Waals surface area contributed by atoms with Gasteiger partial charge in [-0.3, -0.25) is 4.79 Å². The zero-order valence-electron chi connectivity index (χ0n) is 17.0. The van der Waals surface area contributed by atoms with Crippen LogP contribution in [-0.2, 0) is 4.79 Å². The molecule has 0 fully saturated rings. The van der Waals surface area contributed by atoms with Crippen LogP contribution < -0.4 is 15.1 Å². The maximum absolute atomic E-state index is 12.0. The summed E-state index contributed by atoms with van der Waals surface area (Å²) in [4.78, 5) is 14.2. The number of hydrogen-bond acceptors (Lipinski definition) is 4. The quantitative estimate of drug-likeness (QED) is 0.517. The van der Waals surface area contributed by atoms with E-state index in [1.54, 1.807) is 30.5 Å². The molecule has 7 heteroatoms. The summed E-state index contributed by atoms with van der Waals surface area (Å²) in [5, 5.41) is 5.16. The van der Waals surface area contributed by atoms with Gasteiger partial charge in [0.15, 0.2) is 6.61 Å². The van der Waals surface area contributed by atoms with Crippen LogP contribution in [0.1, 0.15) is 44.2 Å². The van der Waals surface area contributed by atoms with E-state index in [2.05, 4.69) is 43.2 Å². The van der Waals surface area contributed by atoms with Crippen molar-refractivity contribution in [3.63, 3.8) is 0 Å². The van der Waals surface area contributed by atoms with E-state index in [9.17, 15) is 4.79 Å². The van der Waals surface area contributed by atoms with Crippen LogP contribution in [0.2, 0.25) is 10.0 Å². The third kappa shape index (κ3) is 5.03. The molecule has 5 nitrogen and oxygen atoms in total. The first-order valence-electron chi connectivity index (χ1n) is 9.45. The molecule has 154 valence electrons. The number of hydrogen-bond donors (Lipinski definition) is 1. The van der Waals surface area contributed by atoms with E-state index in [0.29, 0.717) is 21.7 Å². The second kappa shape index (κ2) is 8.64. The minimum atomic E-state index is -0.370. The van der Waals surface area contributed by atoms with Crippen LogP contribution in [0.15, 0.2) is 41.5 Å². The lowest BCUT2D eigenvalue weighted by Gasteiger charge is -2.45. The number of benzene rings is 2. The maximum atomic E-state index is 12.0. The Kier molecular flexibility index (Phi) is 6.39. The Morgan fingerprint density at radius 2 is 2.10 bits per heavy atom. The van der Waals surface area contributed by atoms with Gasteiger partial charge in [0.25, 0.3) is 5.91 Å². The van der Waals surface area contributed by atoms with Gasteiger partial charge in [0.05, 0.1) is 11.2 Å². The van der Waals surface area contributed by atoms with Gasteiger partial charge in [0.2, 0.25) is 0 Å². The first kappa shape index (κ1) is 21.5. The molecule has 2 aromatic rings. The van der Waals surface area contributed by atoms with E-state index in [1.165, 1.54) is 5.56 Å². The summed E-state index contributed by atoms with van der Waals surface area (Å²) in [6, 6.07) is 10.9. The number of nitrogens with zero attached hydrogens (tertiary/aromatic N) is 2. The Morgan fingerprint density at radius 3 is 2.83 bits per heavy atom. The van der Waals surface area contributed by atoms with E-state index in [0.717, 1.165) is 17.7 Å². The Bertz CT molecular complexity index is 944. The van der Waals surface area contributed by atoms with Gasteiger partial charge < -0.3 is 9.64 Å². The number of rotatable bonds is 5. The number of hydrazone groups is 1. The molecule has 0 spiro atoms. The number of anilines is 1. The number of carbonyl (C=O) groups is 1. The van der Waals surface area contributed by atoms with Crippen molar-refractivity contribution in [1.82, 2.24) is 5.43 Å². The van der Waals surface area contributed by atoms with Gasteiger partial charge >= 0.3 is 0 Å². The Morgan fingerprint density at radius 1 is 1.34 bits per heavy atom. The van der Waals surface area contributed by atoms with Gasteiger partial charge in [-0.15, -0.1) is 0 Å². The first-order valence-corrected chi connectivity index (χ1v) is 10.2. The average Bonchev–Trinajstić information content (AvgIpc) is 2.65. The highest BCUT2D eigenvalue weighted by atomic mass is 35.5. The number of nitrogens with one attached hydrogen (secondary N) is 1. The molecular formula is C22H25Cl2N3O2. The van der Waals surface area contributed by atoms with Crippen LogP contribution in [-0.4, -0.2) is 31.3 Å². The van der Waals surface area contributed by atoms with E-state index in [-0.39, 0.29) is 18.1 Å². The number of ether oxygens (including phenoxy) is 1. The van der Waals surface area contributed by atoms with Crippen LogP contribution in [0.25, 0.3) is 0 Å². The van der Waals surface area contributed by atoms with Crippen LogP contribution in [0.4, 0.5) is 5.69 Å². The summed E-state index contributed by atoms with van der Waals surface area (Å²) >= 11 is 12.4. The average molecular weight is 434 g/mol. The predicted octanol–water partition coefficient (Wildman–Crippen LogP) is 5.24. The standard InChI is InChI=1S/C22H25Cl2N3O2/c1-14-11-22(2,3)27(4)20-10-19(24)15(8-18(14)20)12-25-26-21(28)13-29-17-7-5-6-16(23)9-17/h5-10,12,14H,11,13H2,1-4H3,(H,26,28)/b25-12-. The summed E-state index contributed by atoms with van der Waals surface area (Å²) in [6.45, 7) is 6.53. The number of fused-ring (bicyclic) bond motifs is 1. The summed E-state index contributed by atoms with van der Waals surface area (Å²) in [5.41, 5.74) is 5.66. The molecule has 0 saturated carbocycles. The lowest BCUT2D eigenvalue weighted by atomic mass is 9.80. The maximum Gasteiger partial charge on any atom is 0.277 e. The number of amides is 1. The third-order valence-corrected chi connectivity index (χ3v) is 5.87. The largest absolute Gasteiger partial charge is 0.484 e. The molecule has 1 aliphatic heterocycles. The fraction of sp³-hybridized carbons (Fsp3) is 0.364. The molecule has 3 rings (SSSR count). The summed E-state index contributed by atoms with van der Waals surface area (Å²) in [5.74, 6) is 0.557. The van der Waals surface area contributed by atoms with Gasteiger partial charge in [-0.05, 0) is 62.1 Å². The van der Waals surface area contributed by atoms with Crippen molar-refractivity contribution in [2.45, 2.75) is 38.6 Å². The highest BCUT2D eigenvalue weighted by Crippen LogP contribution is 2.44. The molecule has 1 unspecified atom stereocenters. The third-order valence-electron chi connectivity index (χ3n) is 5.31.